The number of hydrogen-bond acceptors (Lipinski definition) is 1. The first kappa shape index (κ1) is 7.20. The molecule has 0 spiro atoms. The first-order valence-corrected chi connectivity index (χ1v) is 4.72. The minimum absolute atomic E-state index is 1.20. The van der Waals surface area contributed by atoms with E-state index in [1.54, 1.807) is 11.8 Å². The van der Waals surface area contributed by atoms with Gasteiger partial charge in [-0.1, -0.05) is 0 Å². The van der Waals surface area contributed by atoms with Crippen molar-refractivity contribution in [1.29, 1.82) is 0 Å². The average molecular weight is 202 g/mol. The van der Waals surface area contributed by atoms with Crippen molar-refractivity contribution in [2.45, 2.75) is 4.90 Å². The SMILES string of the molecule is CSc1ccc([Se])cc1. The molecule has 0 N–H and O–H groups in total. The summed E-state index contributed by atoms with van der Waals surface area (Å²) >= 11 is 4.71. The fourth-order valence-electron chi connectivity index (χ4n) is 0.576. The van der Waals surface area contributed by atoms with Crippen molar-refractivity contribution in [2.75, 3.05) is 6.26 Å². The molecule has 1 rings (SSSR count). The standard InChI is InChI=1S/C7H7SSe/c1-8-6-2-4-7(9)5-3-6/h2-5H,1H3. The molecule has 1 radical (unpaired) electrons. The topological polar surface area (TPSA) is 0 Å². The summed E-state index contributed by atoms with van der Waals surface area (Å²) in [4.78, 5) is 1.31. The van der Waals surface area contributed by atoms with Gasteiger partial charge in [0.05, 0.1) is 0 Å². The van der Waals surface area contributed by atoms with Crippen LogP contribution < -0.4 is 4.46 Å². The van der Waals surface area contributed by atoms with Gasteiger partial charge in [0.2, 0.25) is 0 Å². The van der Waals surface area contributed by atoms with E-state index in [0.29, 0.717) is 0 Å². The molecule has 1 aromatic carbocycles. The van der Waals surface area contributed by atoms with Crippen LogP contribution in [0.25, 0.3) is 0 Å². The molecular formula is C7H7SSe. The van der Waals surface area contributed by atoms with E-state index in [1.807, 2.05) is 0 Å². The van der Waals surface area contributed by atoms with Gasteiger partial charge in [0.15, 0.2) is 0 Å². The first-order chi connectivity index (χ1) is 4.33. The molecule has 0 aliphatic rings. The number of benzene rings is 1. The van der Waals surface area contributed by atoms with Gasteiger partial charge in [0.25, 0.3) is 0 Å². The molecule has 0 bridgehead atoms. The summed E-state index contributed by atoms with van der Waals surface area (Å²) in [5.41, 5.74) is 0. The van der Waals surface area contributed by atoms with Crippen LogP contribution in [-0.4, -0.2) is 22.3 Å². The van der Waals surface area contributed by atoms with Crippen molar-refractivity contribution in [3.05, 3.63) is 24.3 Å². The molecule has 0 aromatic heterocycles. The number of hydrogen-bond donors (Lipinski definition) is 0. The zero-order valence-corrected chi connectivity index (χ0v) is 7.66. The van der Waals surface area contributed by atoms with Crippen LogP contribution in [0.2, 0.25) is 0 Å². The maximum absolute atomic E-state index is 2.94. The molecule has 0 atom stereocenters. The van der Waals surface area contributed by atoms with Crippen molar-refractivity contribution in [3.8, 4) is 0 Å². The fourth-order valence-corrected chi connectivity index (χ4v) is 1.27. The summed E-state index contributed by atoms with van der Waals surface area (Å²) in [7, 11) is 0. The Morgan fingerprint density at radius 2 is 1.78 bits per heavy atom. The summed E-state index contributed by atoms with van der Waals surface area (Å²) in [6.45, 7) is 0. The van der Waals surface area contributed by atoms with Crippen LogP contribution >= 0.6 is 11.8 Å². The van der Waals surface area contributed by atoms with E-state index in [-0.39, 0.29) is 0 Å². The second-order valence-electron chi connectivity index (χ2n) is 1.68. The Kier molecular flexibility index (Phi) is 2.64. The number of rotatable bonds is 1. The predicted octanol–water partition coefficient (Wildman–Crippen LogP) is 1.20. The summed E-state index contributed by atoms with van der Waals surface area (Å²) in [6, 6.07) is 8.37. The van der Waals surface area contributed by atoms with Crippen molar-refractivity contribution >= 4 is 32.2 Å². The molecule has 47 valence electrons. The molecule has 1 aromatic rings. The molecule has 0 nitrogen and oxygen atoms in total. The number of thioether (sulfide) groups is 1. The van der Waals surface area contributed by atoms with E-state index < -0.39 is 0 Å². The maximum atomic E-state index is 2.94. The van der Waals surface area contributed by atoms with E-state index in [9.17, 15) is 0 Å². The third-order valence-electron chi connectivity index (χ3n) is 1.06. The molecule has 0 aliphatic carbocycles. The van der Waals surface area contributed by atoms with Crippen LogP contribution in [0.15, 0.2) is 29.2 Å². The monoisotopic (exact) mass is 203 g/mol. The van der Waals surface area contributed by atoms with Crippen molar-refractivity contribution in [1.82, 2.24) is 0 Å². The summed E-state index contributed by atoms with van der Waals surface area (Å²) < 4.78 is 1.20. The van der Waals surface area contributed by atoms with Crippen LogP contribution in [0.4, 0.5) is 0 Å². The quantitative estimate of drug-likeness (QED) is 0.487. The fraction of sp³-hybridized carbons (Fsp3) is 0.143. The molecule has 0 unspecified atom stereocenters. The zero-order chi connectivity index (χ0) is 6.69. The predicted molar refractivity (Wildman–Crippen MR) is 43.6 cm³/mol. The Morgan fingerprint density at radius 1 is 1.22 bits per heavy atom. The first-order valence-electron chi connectivity index (χ1n) is 2.64. The van der Waals surface area contributed by atoms with Gasteiger partial charge in [0.1, 0.15) is 0 Å². The summed E-state index contributed by atoms with van der Waals surface area (Å²) in [5, 5.41) is 0. The van der Waals surface area contributed by atoms with Gasteiger partial charge in [-0.25, -0.2) is 0 Å². The molecule has 0 saturated heterocycles. The van der Waals surface area contributed by atoms with Gasteiger partial charge in [-0.2, -0.15) is 0 Å². The van der Waals surface area contributed by atoms with Gasteiger partial charge in [-0.15, -0.1) is 0 Å². The van der Waals surface area contributed by atoms with Gasteiger partial charge < -0.3 is 0 Å². The molecule has 0 heterocycles. The van der Waals surface area contributed by atoms with Crippen LogP contribution in [-0.2, 0) is 0 Å². The van der Waals surface area contributed by atoms with Crippen molar-refractivity contribution in [2.24, 2.45) is 0 Å². The Balaban J connectivity index is 2.88. The average Bonchev–Trinajstić information content (AvgIpc) is 1.90. The third kappa shape index (κ3) is 2.05. The molecule has 2 heteroatoms. The molecule has 0 saturated carbocycles. The molecule has 0 aliphatic heterocycles. The van der Waals surface area contributed by atoms with Crippen LogP contribution in [0, 0.1) is 0 Å². The van der Waals surface area contributed by atoms with Gasteiger partial charge >= 0.3 is 67.7 Å². The van der Waals surface area contributed by atoms with Gasteiger partial charge in [-0.3, -0.25) is 0 Å². The van der Waals surface area contributed by atoms with E-state index >= 15 is 0 Å². The zero-order valence-electron chi connectivity index (χ0n) is 5.13. The minimum atomic E-state index is 1.20. The molecule has 9 heavy (non-hydrogen) atoms. The summed E-state index contributed by atoms with van der Waals surface area (Å²) in [5.74, 6) is 0. The Morgan fingerprint density at radius 3 is 2.22 bits per heavy atom. The van der Waals surface area contributed by atoms with E-state index in [1.165, 1.54) is 9.36 Å². The normalized spacial score (nSPS) is 9.44. The van der Waals surface area contributed by atoms with Gasteiger partial charge in [0, 0.05) is 0 Å². The van der Waals surface area contributed by atoms with E-state index in [2.05, 4.69) is 46.5 Å². The van der Waals surface area contributed by atoms with E-state index in [4.69, 9.17) is 0 Å². The Hall–Kier alpha value is 0.0895. The van der Waals surface area contributed by atoms with Crippen LogP contribution in [0.5, 0.6) is 0 Å². The molecule has 0 fully saturated rings. The van der Waals surface area contributed by atoms with Crippen molar-refractivity contribution < 1.29 is 0 Å². The second kappa shape index (κ2) is 3.31. The van der Waals surface area contributed by atoms with Crippen LogP contribution in [0.3, 0.4) is 0 Å². The van der Waals surface area contributed by atoms with Crippen molar-refractivity contribution in [3.63, 3.8) is 0 Å². The van der Waals surface area contributed by atoms with E-state index in [0.717, 1.165) is 0 Å². The molecule has 0 amide bonds. The Labute approximate surface area is 67.9 Å². The third-order valence-corrected chi connectivity index (χ3v) is 2.37. The molecular weight excluding hydrogens is 195 g/mol. The van der Waals surface area contributed by atoms with Crippen LogP contribution in [0.1, 0.15) is 0 Å². The summed E-state index contributed by atoms with van der Waals surface area (Å²) in [6.07, 6.45) is 2.08. The Bertz CT molecular complexity index is 181. The second-order valence-corrected chi connectivity index (χ2v) is 3.54. The van der Waals surface area contributed by atoms with Gasteiger partial charge in [-0.05, 0) is 0 Å².